The summed E-state index contributed by atoms with van der Waals surface area (Å²) in [7, 11) is 0. The van der Waals surface area contributed by atoms with E-state index in [0.29, 0.717) is 0 Å². The van der Waals surface area contributed by atoms with Crippen molar-refractivity contribution in [3.63, 3.8) is 0 Å². The molecule has 1 aliphatic rings. The molecule has 0 spiro atoms. The van der Waals surface area contributed by atoms with Crippen molar-refractivity contribution in [1.82, 2.24) is 5.32 Å². The fourth-order valence-electron chi connectivity index (χ4n) is 2.45. The van der Waals surface area contributed by atoms with Crippen molar-refractivity contribution in [3.05, 3.63) is 33.5 Å². The summed E-state index contributed by atoms with van der Waals surface area (Å²) >= 11 is 5.37. The molecule has 0 fully saturated rings. The summed E-state index contributed by atoms with van der Waals surface area (Å²) in [5, 5.41) is 12.2. The first kappa shape index (κ1) is 15.3. The van der Waals surface area contributed by atoms with Crippen molar-refractivity contribution in [2.24, 2.45) is 0 Å². The van der Waals surface area contributed by atoms with Crippen molar-refractivity contribution in [2.45, 2.75) is 25.3 Å². The molecule has 5 heteroatoms. The van der Waals surface area contributed by atoms with E-state index in [9.17, 15) is 4.39 Å². The third-order valence-electron chi connectivity index (χ3n) is 3.36. The highest BCUT2D eigenvalue weighted by Gasteiger charge is 2.26. The molecule has 1 atom stereocenters. The molecule has 1 aromatic carbocycles. The molecular weight excluding hydrogens is 329 g/mol. The maximum absolute atomic E-state index is 13.7. The van der Waals surface area contributed by atoms with Crippen LogP contribution in [0.15, 0.2) is 16.6 Å². The third-order valence-corrected chi connectivity index (χ3v) is 5.12. The van der Waals surface area contributed by atoms with Gasteiger partial charge in [0.1, 0.15) is 5.82 Å². The Morgan fingerprint density at radius 2 is 2.26 bits per heavy atom. The number of aliphatic hydroxyl groups excluding tert-OH is 1. The second-order valence-corrected chi connectivity index (χ2v) is 6.74. The van der Waals surface area contributed by atoms with Crippen LogP contribution < -0.4 is 5.32 Å². The van der Waals surface area contributed by atoms with Gasteiger partial charge in [-0.05, 0) is 48.3 Å². The van der Waals surface area contributed by atoms with Gasteiger partial charge in [0.05, 0.1) is 0 Å². The number of hydrogen-bond acceptors (Lipinski definition) is 3. The van der Waals surface area contributed by atoms with Gasteiger partial charge in [-0.3, -0.25) is 0 Å². The molecule has 106 valence electrons. The van der Waals surface area contributed by atoms with E-state index in [-0.39, 0.29) is 18.5 Å². The van der Waals surface area contributed by atoms with Crippen LogP contribution in [0.1, 0.15) is 30.0 Å². The number of thioether (sulfide) groups is 1. The summed E-state index contributed by atoms with van der Waals surface area (Å²) in [4.78, 5) is 0. The zero-order valence-corrected chi connectivity index (χ0v) is 13.2. The number of hydrogen-bond donors (Lipinski definition) is 2. The summed E-state index contributed by atoms with van der Waals surface area (Å²) in [5.41, 5.74) is 1.96. The molecule has 0 aromatic heterocycles. The van der Waals surface area contributed by atoms with E-state index in [1.54, 1.807) is 6.07 Å². The Bertz CT molecular complexity index is 430. The molecular formula is C14H19BrFNOS. The third kappa shape index (κ3) is 3.94. The monoisotopic (exact) mass is 347 g/mol. The number of aliphatic hydroxyl groups is 1. The molecule has 2 N–H and O–H groups in total. The van der Waals surface area contributed by atoms with E-state index in [2.05, 4.69) is 21.2 Å². The lowest BCUT2D eigenvalue weighted by Gasteiger charge is -2.15. The van der Waals surface area contributed by atoms with E-state index < -0.39 is 0 Å². The number of nitrogens with one attached hydrogen (secondary N) is 1. The summed E-state index contributed by atoms with van der Waals surface area (Å²) in [6.07, 6.45) is 2.64. The lowest BCUT2D eigenvalue weighted by molar-refractivity contribution is 0.296. The first-order chi connectivity index (χ1) is 9.24. The van der Waals surface area contributed by atoms with E-state index in [0.717, 1.165) is 52.9 Å². The molecule has 2 nitrogen and oxygen atoms in total. The van der Waals surface area contributed by atoms with E-state index in [1.165, 1.54) is 6.07 Å². The van der Waals surface area contributed by atoms with Crippen LogP contribution in [0, 0.1) is 5.82 Å². The lowest BCUT2D eigenvalue weighted by Crippen LogP contribution is -2.22. The molecule has 0 bridgehead atoms. The average Bonchev–Trinajstić information content (AvgIpc) is 2.83. The van der Waals surface area contributed by atoms with Crippen molar-refractivity contribution in [1.29, 1.82) is 0 Å². The van der Waals surface area contributed by atoms with Crippen LogP contribution >= 0.6 is 27.7 Å². The fourth-order valence-corrected chi connectivity index (χ4v) is 3.90. The minimum atomic E-state index is -0.0835. The minimum Gasteiger partial charge on any atom is -0.396 e. The molecule has 0 aliphatic heterocycles. The summed E-state index contributed by atoms with van der Waals surface area (Å²) < 4.78 is 14.7. The van der Waals surface area contributed by atoms with Crippen molar-refractivity contribution in [2.75, 3.05) is 24.7 Å². The Morgan fingerprint density at radius 3 is 3.05 bits per heavy atom. The summed E-state index contributed by atoms with van der Waals surface area (Å²) in [5.74, 6) is 1.94. The molecule has 1 aromatic rings. The quantitative estimate of drug-likeness (QED) is 0.742. The van der Waals surface area contributed by atoms with Crippen LogP contribution in [-0.2, 0) is 6.42 Å². The van der Waals surface area contributed by atoms with Gasteiger partial charge in [0.25, 0.3) is 0 Å². The molecule has 0 saturated carbocycles. The van der Waals surface area contributed by atoms with Gasteiger partial charge in [0.2, 0.25) is 0 Å². The van der Waals surface area contributed by atoms with Crippen LogP contribution in [0.4, 0.5) is 4.39 Å². The van der Waals surface area contributed by atoms with Gasteiger partial charge in [0.15, 0.2) is 0 Å². The SMILES string of the molecule is OCCCSCCNC1CCc2c(F)ccc(Br)c21. The molecule has 0 amide bonds. The molecule has 1 aliphatic carbocycles. The highest BCUT2D eigenvalue weighted by atomic mass is 79.9. The number of benzene rings is 1. The first-order valence-corrected chi connectivity index (χ1v) is 8.57. The standard InChI is InChI=1S/C14H19BrFNOS/c15-11-3-4-12(16)10-2-5-13(14(10)11)17-6-9-19-8-1-7-18/h3-4,13,17-18H,1-2,5-9H2. The van der Waals surface area contributed by atoms with E-state index >= 15 is 0 Å². The van der Waals surface area contributed by atoms with Crippen LogP contribution in [-0.4, -0.2) is 29.8 Å². The molecule has 0 heterocycles. The topological polar surface area (TPSA) is 32.3 Å². The molecule has 19 heavy (non-hydrogen) atoms. The zero-order chi connectivity index (χ0) is 13.7. The van der Waals surface area contributed by atoms with E-state index in [1.807, 2.05) is 11.8 Å². The van der Waals surface area contributed by atoms with Crippen LogP contribution in [0.3, 0.4) is 0 Å². The smallest absolute Gasteiger partial charge is 0.126 e. The van der Waals surface area contributed by atoms with Crippen LogP contribution in [0.25, 0.3) is 0 Å². The van der Waals surface area contributed by atoms with Gasteiger partial charge >= 0.3 is 0 Å². The number of rotatable bonds is 7. The largest absolute Gasteiger partial charge is 0.396 e. The predicted molar refractivity (Wildman–Crippen MR) is 82.2 cm³/mol. The predicted octanol–water partition coefficient (Wildman–Crippen LogP) is 3.28. The highest BCUT2D eigenvalue weighted by molar-refractivity contribution is 9.10. The van der Waals surface area contributed by atoms with Gasteiger partial charge < -0.3 is 10.4 Å². The highest BCUT2D eigenvalue weighted by Crippen LogP contribution is 2.37. The van der Waals surface area contributed by atoms with Gasteiger partial charge in [-0.2, -0.15) is 11.8 Å². The molecule has 0 radical (unpaired) electrons. The van der Waals surface area contributed by atoms with Crippen LogP contribution in [0.5, 0.6) is 0 Å². The lowest BCUT2D eigenvalue weighted by atomic mass is 10.1. The Hall–Kier alpha value is -0.100. The molecule has 1 unspecified atom stereocenters. The van der Waals surface area contributed by atoms with Crippen molar-refractivity contribution in [3.8, 4) is 0 Å². The number of halogens is 2. The van der Waals surface area contributed by atoms with Crippen LogP contribution in [0.2, 0.25) is 0 Å². The fraction of sp³-hybridized carbons (Fsp3) is 0.571. The summed E-state index contributed by atoms with van der Waals surface area (Å²) in [6, 6.07) is 3.60. The number of fused-ring (bicyclic) bond motifs is 1. The normalized spacial score (nSPS) is 17.7. The Morgan fingerprint density at radius 1 is 1.42 bits per heavy atom. The summed E-state index contributed by atoms with van der Waals surface area (Å²) in [6.45, 7) is 1.19. The van der Waals surface area contributed by atoms with Gasteiger partial charge in [-0.1, -0.05) is 15.9 Å². The van der Waals surface area contributed by atoms with Gasteiger partial charge in [0, 0.05) is 29.4 Å². The molecule has 0 saturated heterocycles. The van der Waals surface area contributed by atoms with Gasteiger partial charge in [-0.25, -0.2) is 4.39 Å². The second kappa shape index (κ2) is 7.62. The minimum absolute atomic E-state index is 0.0835. The zero-order valence-electron chi connectivity index (χ0n) is 10.8. The van der Waals surface area contributed by atoms with E-state index in [4.69, 9.17) is 5.11 Å². The first-order valence-electron chi connectivity index (χ1n) is 6.62. The van der Waals surface area contributed by atoms with Gasteiger partial charge in [-0.15, -0.1) is 0 Å². The maximum Gasteiger partial charge on any atom is 0.126 e. The maximum atomic E-state index is 13.7. The Kier molecular flexibility index (Phi) is 6.13. The Balaban J connectivity index is 1.84. The molecule has 2 rings (SSSR count). The average molecular weight is 348 g/mol. The van der Waals surface area contributed by atoms with Crippen molar-refractivity contribution >= 4 is 27.7 Å². The Labute approximate surface area is 126 Å². The second-order valence-electron chi connectivity index (χ2n) is 4.66. The van der Waals surface area contributed by atoms with Crippen molar-refractivity contribution < 1.29 is 9.50 Å².